The maximum atomic E-state index is 11.8. The van der Waals surface area contributed by atoms with Crippen molar-refractivity contribution in [1.29, 1.82) is 0 Å². The van der Waals surface area contributed by atoms with Crippen molar-refractivity contribution in [2.24, 2.45) is 0 Å². The van der Waals surface area contributed by atoms with Crippen LogP contribution in [0.15, 0.2) is 36.7 Å². The molecule has 7 heteroatoms. The third-order valence-corrected chi connectivity index (χ3v) is 2.91. The number of nitrogens with zero attached hydrogens (tertiary/aromatic N) is 2. The van der Waals surface area contributed by atoms with Gasteiger partial charge in [-0.15, -0.1) is 0 Å². The summed E-state index contributed by atoms with van der Waals surface area (Å²) in [5.41, 5.74) is 1.24. The number of carbonyl (C=O) groups is 1. The molecule has 1 aromatic carbocycles. The lowest BCUT2D eigenvalue weighted by Gasteiger charge is -2.11. The first-order valence-corrected chi connectivity index (χ1v) is 5.93. The Morgan fingerprint density at radius 1 is 1.24 bits per heavy atom. The van der Waals surface area contributed by atoms with Gasteiger partial charge in [0.2, 0.25) is 0 Å². The highest BCUT2D eigenvalue weighted by atomic mass is 16.6. The summed E-state index contributed by atoms with van der Waals surface area (Å²) in [6, 6.07) is 5.80. The van der Waals surface area contributed by atoms with E-state index >= 15 is 0 Å². The molecular formula is C14H12N2O5. The molecule has 2 rings (SSSR count). The second kappa shape index (κ2) is 6.00. The number of rotatable bonds is 4. The van der Waals surface area contributed by atoms with Crippen LogP contribution in [0.3, 0.4) is 0 Å². The lowest BCUT2D eigenvalue weighted by Crippen LogP contribution is -2.04. The summed E-state index contributed by atoms with van der Waals surface area (Å²) in [5.74, 6) is -0.251. The molecule has 0 aliphatic heterocycles. The number of hydrogen-bond acceptors (Lipinski definition) is 6. The minimum absolute atomic E-state index is 0.0933. The molecule has 0 amide bonds. The minimum Gasteiger partial charge on any atom is -0.496 e. The Morgan fingerprint density at radius 2 is 2.00 bits per heavy atom. The molecule has 0 unspecified atom stereocenters. The summed E-state index contributed by atoms with van der Waals surface area (Å²) in [7, 11) is 2.67. The Bertz CT molecular complexity index is 700. The maximum absolute atomic E-state index is 11.8. The van der Waals surface area contributed by atoms with E-state index in [2.05, 4.69) is 4.98 Å². The van der Waals surface area contributed by atoms with Crippen LogP contribution in [0, 0.1) is 10.1 Å². The van der Waals surface area contributed by atoms with E-state index in [1.165, 1.54) is 44.8 Å². The van der Waals surface area contributed by atoms with Crippen molar-refractivity contribution in [1.82, 2.24) is 4.98 Å². The second-order valence-corrected chi connectivity index (χ2v) is 4.05. The summed E-state index contributed by atoms with van der Waals surface area (Å²) in [5, 5.41) is 10.8. The first kappa shape index (κ1) is 14.4. The van der Waals surface area contributed by atoms with E-state index < -0.39 is 10.9 Å². The van der Waals surface area contributed by atoms with Gasteiger partial charge in [-0.3, -0.25) is 15.1 Å². The van der Waals surface area contributed by atoms with Crippen LogP contribution in [0.4, 0.5) is 5.69 Å². The molecule has 0 fully saturated rings. The average molecular weight is 288 g/mol. The average Bonchev–Trinajstić information content (AvgIpc) is 2.53. The van der Waals surface area contributed by atoms with Crippen LogP contribution in [-0.2, 0) is 4.74 Å². The van der Waals surface area contributed by atoms with Crippen LogP contribution < -0.4 is 4.74 Å². The van der Waals surface area contributed by atoms with Gasteiger partial charge >= 0.3 is 5.97 Å². The molecule has 0 atom stereocenters. The third-order valence-electron chi connectivity index (χ3n) is 2.91. The molecule has 0 aliphatic rings. The van der Waals surface area contributed by atoms with Crippen LogP contribution in [0.2, 0.25) is 0 Å². The summed E-state index contributed by atoms with van der Waals surface area (Å²) in [6.45, 7) is 0. The quantitative estimate of drug-likeness (QED) is 0.487. The van der Waals surface area contributed by atoms with Gasteiger partial charge < -0.3 is 9.47 Å². The predicted octanol–water partition coefficient (Wildman–Crippen LogP) is 2.45. The van der Waals surface area contributed by atoms with Crippen LogP contribution in [0.25, 0.3) is 11.1 Å². The molecule has 0 saturated heterocycles. The van der Waals surface area contributed by atoms with Gasteiger partial charge in [0.15, 0.2) is 0 Å². The number of non-ortho nitro benzene ring substituents is 1. The van der Waals surface area contributed by atoms with Crippen LogP contribution in [0.5, 0.6) is 5.75 Å². The first-order valence-electron chi connectivity index (χ1n) is 5.93. The Hall–Kier alpha value is -2.96. The zero-order valence-electron chi connectivity index (χ0n) is 11.4. The Kier molecular flexibility index (Phi) is 4.13. The van der Waals surface area contributed by atoms with Crippen molar-refractivity contribution in [3.63, 3.8) is 0 Å². The molecule has 1 aromatic heterocycles. The molecule has 0 bridgehead atoms. The lowest BCUT2D eigenvalue weighted by molar-refractivity contribution is -0.384. The maximum Gasteiger partial charge on any atom is 0.340 e. The molecule has 0 spiro atoms. The number of esters is 1. The number of ether oxygens (including phenoxy) is 2. The van der Waals surface area contributed by atoms with Crippen molar-refractivity contribution < 1.29 is 19.2 Å². The molecular weight excluding hydrogens is 276 g/mol. The van der Waals surface area contributed by atoms with Gasteiger partial charge in [0, 0.05) is 29.6 Å². The van der Waals surface area contributed by atoms with Crippen LogP contribution >= 0.6 is 0 Å². The van der Waals surface area contributed by atoms with Gasteiger partial charge in [0.1, 0.15) is 5.75 Å². The molecule has 108 valence electrons. The van der Waals surface area contributed by atoms with E-state index in [1.807, 2.05) is 0 Å². The number of nitro groups is 1. The lowest BCUT2D eigenvalue weighted by atomic mass is 10.0. The Balaban J connectivity index is 2.62. The third kappa shape index (κ3) is 2.81. The molecule has 7 nitrogen and oxygen atoms in total. The molecule has 21 heavy (non-hydrogen) atoms. The highest BCUT2D eigenvalue weighted by molar-refractivity contribution is 5.97. The Labute approximate surface area is 120 Å². The van der Waals surface area contributed by atoms with E-state index in [0.717, 1.165) is 0 Å². The Morgan fingerprint density at radius 3 is 2.62 bits per heavy atom. The number of pyridine rings is 1. The second-order valence-electron chi connectivity index (χ2n) is 4.05. The fourth-order valence-electron chi connectivity index (χ4n) is 1.92. The fourth-order valence-corrected chi connectivity index (χ4v) is 1.92. The molecule has 2 aromatic rings. The topological polar surface area (TPSA) is 91.6 Å². The standard InChI is InChI=1S/C14H12N2O5/c1-20-13-7-9(16(18)19)3-4-11(13)10-5-6-15-8-12(10)14(17)21-2/h3-8H,1-2H3. The van der Waals surface area contributed by atoms with Gasteiger partial charge in [0.25, 0.3) is 5.69 Å². The number of nitro benzene ring substituents is 1. The van der Waals surface area contributed by atoms with E-state index in [4.69, 9.17) is 9.47 Å². The number of methoxy groups -OCH3 is 2. The van der Waals surface area contributed by atoms with Gasteiger partial charge in [-0.2, -0.15) is 0 Å². The summed E-state index contributed by atoms with van der Waals surface area (Å²) in [6.07, 6.45) is 2.89. The van der Waals surface area contributed by atoms with E-state index in [0.29, 0.717) is 16.9 Å². The summed E-state index contributed by atoms with van der Waals surface area (Å²) in [4.78, 5) is 26.0. The van der Waals surface area contributed by atoms with Crippen molar-refractivity contribution in [2.45, 2.75) is 0 Å². The largest absolute Gasteiger partial charge is 0.496 e. The van der Waals surface area contributed by atoms with Crippen molar-refractivity contribution in [2.75, 3.05) is 14.2 Å². The monoisotopic (exact) mass is 288 g/mol. The van der Waals surface area contributed by atoms with E-state index in [-0.39, 0.29) is 11.3 Å². The summed E-state index contributed by atoms with van der Waals surface area (Å²) < 4.78 is 9.89. The zero-order chi connectivity index (χ0) is 15.4. The van der Waals surface area contributed by atoms with Gasteiger partial charge in [-0.25, -0.2) is 4.79 Å². The predicted molar refractivity (Wildman–Crippen MR) is 74.2 cm³/mol. The van der Waals surface area contributed by atoms with Crippen molar-refractivity contribution in [3.8, 4) is 16.9 Å². The smallest absolute Gasteiger partial charge is 0.340 e. The van der Waals surface area contributed by atoms with E-state index in [9.17, 15) is 14.9 Å². The van der Waals surface area contributed by atoms with Gasteiger partial charge in [-0.05, 0) is 12.1 Å². The van der Waals surface area contributed by atoms with Crippen LogP contribution in [-0.4, -0.2) is 30.1 Å². The molecule has 0 radical (unpaired) electrons. The highest BCUT2D eigenvalue weighted by Gasteiger charge is 2.18. The van der Waals surface area contributed by atoms with Crippen molar-refractivity contribution in [3.05, 3.63) is 52.3 Å². The normalized spacial score (nSPS) is 10.0. The first-order chi connectivity index (χ1) is 10.1. The number of benzene rings is 1. The van der Waals surface area contributed by atoms with Gasteiger partial charge in [0.05, 0.1) is 30.8 Å². The molecule has 0 N–H and O–H groups in total. The number of hydrogen-bond donors (Lipinski definition) is 0. The highest BCUT2D eigenvalue weighted by Crippen LogP contribution is 2.34. The van der Waals surface area contributed by atoms with Crippen LogP contribution in [0.1, 0.15) is 10.4 Å². The molecule has 1 heterocycles. The molecule has 0 saturated carbocycles. The number of aromatic nitrogens is 1. The summed E-state index contributed by atoms with van der Waals surface area (Å²) >= 11 is 0. The fraction of sp³-hybridized carbons (Fsp3) is 0.143. The van der Waals surface area contributed by atoms with Crippen molar-refractivity contribution >= 4 is 11.7 Å². The molecule has 0 aliphatic carbocycles. The SMILES string of the molecule is COC(=O)c1cnccc1-c1ccc([N+](=O)[O-])cc1OC. The zero-order valence-corrected chi connectivity index (χ0v) is 11.4. The van der Waals surface area contributed by atoms with Gasteiger partial charge in [-0.1, -0.05) is 0 Å². The van der Waals surface area contributed by atoms with E-state index in [1.54, 1.807) is 6.07 Å². The minimum atomic E-state index is -0.543. The number of carbonyl (C=O) groups excluding carboxylic acids is 1.